The highest BCUT2D eigenvalue weighted by Crippen LogP contribution is 2.34. The number of ether oxygens (including phenoxy) is 2. The van der Waals surface area contributed by atoms with Crippen LogP contribution >= 0.6 is 0 Å². The Labute approximate surface area is 210 Å². The zero-order chi connectivity index (χ0) is 25.2. The second-order valence-electron chi connectivity index (χ2n) is 9.41. The molecule has 1 fully saturated rings. The normalized spacial score (nSPS) is 16.5. The Hall–Kier alpha value is -3.84. The van der Waals surface area contributed by atoms with E-state index in [1.54, 1.807) is 12.0 Å². The van der Waals surface area contributed by atoms with Crippen molar-refractivity contribution in [2.75, 3.05) is 25.2 Å². The number of amides is 1. The predicted molar refractivity (Wildman–Crippen MR) is 140 cm³/mol. The van der Waals surface area contributed by atoms with Gasteiger partial charge in [0.1, 0.15) is 30.0 Å². The number of aliphatic hydroxyl groups excluding tert-OH is 1. The number of hydrogen-bond acceptors (Lipinski definition) is 5. The van der Waals surface area contributed by atoms with Crippen LogP contribution in [0.1, 0.15) is 29.3 Å². The van der Waals surface area contributed by atoms with Gasteiger partial charge in [-0.05, 0) is 55.3 Å². The molecule has 0 unspecified atom stereocenters. The van der Waals surface area contributed by atoms with Crippen LogP contribution in [0.2, 0.25) is 0 Å². The molecule has 3 aromatic carbocycles. The van der Waals surface area contributed by atoms with Crippen LogP contribution in [0.3, 0.4) is 0 Å². The van der Waals surface area contributed by atoms with Crippen molar-refractivity contribution in [2.24, 2.45) is 0 Å². The van der Waals surface area contributed by atoms with E-state index >= 15 is 0 Å². The number of aryl methyl sites for hydroxylation is 2. The smallest absolute Gasteiger partial charge is 0.227 e. The molecule has 36 heavy (non-hydrogen) atoms. The number of imidazole rings is 1. The Morgan fingerprint density at radius 2 is 1.92 bits per heavy atom. The summed E-state index contributed by atoms with van der Waals surface area (Å²) in [5, 5.41) is 10.9. The third-order valence-corrected chi connectivity index (χ3v) is 6.71. The molecule has 5 rings (SSSR count). The van der Waals surface area contributed by atoms with Gasteiger partial charge in [0.15, 0.2) is 0 Å². The third-order valence-electron chi connectivity index (χ3n) is 6.71. The zero-order valence-electron chi connectivity index (χ0n) is 20.8. The zero-order valence-corrected chi connectivity index (χ0v) is 20.8. The minimum Gasteiger partial charge on any atom is -0.497 e. The Morgan fingerprint density at radius 1 is 1.08 bits per heavy atom. The fourth-order valence-corrected chi connectivity index (χ4v) is 4.82. The average Bonchev–Trinajstić information content (AvgIpc) is 3.45. The van der Waals surface area contributed by atoms with Gasteiger partial charge in [-0.15, -0.1) is 0 Å². The van der Waals surface area contributed by atoms with E-state index < -0.39 is 6.10 Å². The van der Waals surface area contributed by atoms with Crippen molar-refractivity contribution in [3.63, 3.8) is 0 Å². The number of aromatic nitrogens is 2. The molecule has 0 bridgehead atoms. The number of hydrogen-bond donors (Lipinski definition) is 1. The summed E-state index contributed by atoms with van der Waals surface area (Å²) in [7, 11) is 1.62. The van der Waals surface area contributed by atoms with Crippen molar-refractivity contribution >= 4 is 22.6 Å². The predicted octanol–water partition coefficient (Wildman–Crippen LogP) is 4.62. The van der Waals surface area contributed by atoms with Crippen LogP contribution in [0, 0.1) is 13.8 Å². The molecule has 1 aliphatic heterocycles. The topological polar surface area (TPSA) is 76.8 Å². The minimum atomic E-state index is -0.743. The lowest BCUT2D eigenvalue weighted by molar-refractivity contribution is -0.117. The van der Waals surface area contributed by atoms with E-state index in [0.29, 0.717) is 25.3 Å². The molecular weight excluding hydrogens is 454 g/mol. The van der Waals surface area contributed by atoms with Crippen LogP contribution in [0.15, 0.2) is 66.7 Å². The summed E-state index contributed by atoms with van der Waals surface area (Å²) in [5.41, 5.74) is 4.74. The molecule has 0 radical (unpaired) electrons. The van der Waals surface area contributed by atoms with Crippen molar-refractivity contribution in [3.05, 3.63) is 83.7 Å². The van der Waals surface area contributed by atoms with Gasteiger partial charge in [0.2, 0.25) is 5.91 Å². The third kappa shape index (κ3) is 4.79. The van der Waals surface area contributed by atoms with Crippen molar-refractivity contribution in [1.29, 1.82) is 0 Å². The molecule has 1 saturated heterocycles. The number of carbonyl (C=O) groups excluding carboxylic acids is 1. The van der Waals surface area contributed by atoms with E-state index in [2.05, 4.69) is 0 Å². The quantitative estimate of drug-likeness (QED) is 0.394. The molecule has 0 aliphatic carbocycles. The maximum Gasteiger partial charge on any atom is 0.227 e. The summed E-state index contributed by atoms with van der Waals surface area (Å²) in [6.45, 7) is 5.02. The molecule has 1 aromatic heterocycles. The van der Waals surface area contributed by atoms with Crippen LogP contribution in [0.25, 0.3) is 11.0 Å². The lowest BCUT2D eigenvalue weighted by Gasteiger charge is -2.19. The summed E-state index contributed by atoms with van der Waals surface area (Å²) >= 11 is 0. The number of methoxy groups -OCH3 is 1. The molecule has 7 nitrogen and oxygen atoms in total. The number of carbonyl (C=O) groups is 1. The first-order valence-corrected chi connectivity index (χ1v) is 12.2. The van der Waals surface area contributed by atoms with Crippen molar-refractivity contribution < 1.29 is 19.4 Å². The fraction of sp³-hybridized carbons (Fsp3) is 0.310. The number of para-hydroxylation sites is 2. The largest absolute Gasteiger partial charge is 0.497 e. The lowest BCUT2D eigenvalue weighted by atomic mass is 10.1. The number of aliphatic hydroxyl groups is 1. The molecule has 1 N–H and O–H groups in total. The van der Waals surface area contributed by atoms with E-state index in [1.807, 2.05) is 85.1 Å². The first-order valence-electron chi connectivity index (χ1n) is 12.2. The van der Waals surface area contributed by atoms with Crippen LogP contribution < -0.4 is 14.4 Å². The molecule has 7 heteroatoms. The summed E-state index contributed by atoms with van der Waals surface area (Å²) in [4.78, 5) is 19.7. The van der Waals surface area contributed by atoms with Gasteiger partial charge in [0.05, 0.1) is 24.7 Å². The molecule has 1 aliphatic rings. The van der Waals surface area contributed by atoms with Crippen LogP contribution in [-0.2, 0) is 11.3 Å². The van der Waals surface area contributed by atoms with Gasteiger partial charge in [0.25, 0.3) is 0 Å². The molecule has 4 aromatic rings. The highest BCUT2D eigenvalue weighted by atomic mass is 16.5. The van der Waals surface area contributed by atoms with E-state index in [1.165, 1.54) is 0 Å². The molecule has 0 spiro atoms. The lowest BCUT2D eigenvalue weighted by Crippen LogP contribution is -2.26. The molecule has 186 valence electrons. The van der Waals surface area contributed by atoms with Gasteiger partial charge in [-0.25, -0.2) is 4.98 Å². The number of rotatable bonds is 8. The molecule has 2 atom stereocenters. The van der Waals surface area contributed by atoms with Gasteiger partial charge < -0.3 is 24.0 Å². The van der Waals surface area contributed by atoms with Crippen molar-refractivity contribution in [2.45, 2.75) is 38.8 Å². The second-order valence-corrected chi connectivity index (χ2v) is 9.41. The van der Waals surface area contributed by atoms with Crippen LogP contribution in [-0.4, -0.2) is 46.9 Å². The maximum atomic E-state index is 13.0. The highest BCUT2D eigenvalue weighted by Gasteiger charge is 2.35. The Morgan fingerprint density at radius 3 is 2.75 bits per heavy atom. The van der Waals surface area contributed by atoms with Crippen LogP contribution in [0.4, 0.5) is 5.69 Å². The van der Waals surface area contributed by atoms with E-state index in [4.69, 9.17) is 14.5 Å². The van der Waals surface area contributed by atoms with Gasteiger partial charge in [0, 0.05) is 30.6 Å². The average molecular weight is 486 g/mol. The minimum absolute atomic E-state index is 0.0469. The van der Waals surface area contributed by atoms with E-state index in [-0.39, 0.29) is 18.4 Å². The summed E-state index contributed by atoms with van der Waals surface area (Å²) < 4.78 is 13.3. The van der Waals surface area contributed by atoms with Crippen LogP contribution in [0.5, 0.6) is 11.5 Å². The molecular formula is C29H31N3O4. The number of fused-ring (bicyclic) bond motifs is 1. The second kappa shape index (κ2) is 10.0. The first-order chi connectivity index (χ1) is 17.4. The van der Waals surface area contributed by atoms with Gasteiger partial charge in [-0.1, -0.05) is 30.3 Å². The van der Waals surface area contributed by atoms with E-state index in [9.17, 15) is 9.90 Å². The molecule has 0 saturated carbocycles. The highest BCUT2D eigenvalue weighted by molar-refractivity contribution is 5.96. The van der Waals surface area contributed by atoms with Gasteiger partial charge in [-0.3, -0.25) is 4.79 Å². The Kier molecular flexibility index (Phi) is 6.65. The summed E-state index contributed by atoms with van der Waals surface area (Å²) in [5.74, 6) is 2.25. The summed E-state index contributed by atoms with van der Waals surface area (Å²) in [6.07, 6.45) is -0.386. The monoisotopic (exact) mass is 485 g/mol. The van der Waals surface area contributed by atoms with Crippen molar-refractivity contribution in [3.8, 4) is 11.5 Å². The SMILES string of the molecule is COc1cccc(N2C[C@H](c3nc4ccccc4n3C[C@@H](O)COc3cc(C)ccc3C)CC2=O)c1. The molecule has 1 amide bonds. The maximum absolute atomic E-state index is 13.0. The first kappa shape index (κ1) is 23.9. The summed E-state index contributed by atoms with van der Waals surface area (Å²) in [6, 6.07) is 21.5. The van der Waals surface area contributed by atoms with Crippen molar-refractivity contribution in [1.82, 2.24) is 9.55 Å². The molecule has 2 heterocycles. The number of anilines is 1. The van der Waals surface area contributed by atoms with Gasteiger partial charge in [-0.2, -0.15) is 0 Å². The van der Waals surface area contributed by atoms with E-state index in [0.717, 1.165) is 39.4 Å². The Balaban J connectivity index is 1.38. The fourth-order valence-electron chi connectivity index (χ4n) is 4.82. The number of benzene rings is 3. The Bertz CT molecular complexity index is 1400. The number of nitrogens with zero attached hydrogens (tertiary/aromatic N) is 3. The van der Waals surface area contributed by atoms with Gasteiger partial charge >= 0.3 is 0 Å². The standard InChI is InChI=1S/C29H31N3O4/c1-19-11-12-20(2)27(13-19)36-18-23(33)17-32-26-10-5-4-9-25(26)30-29(32)21-14-28(34)31(16-21)22-7-6-8-24(15-22)35-3/h4-13,15,21,23,33H,14,16-18H2,1-3H3/t21-,23-/m1/s1.